The fourth-order valence-electron chi connectivity index (χ4n) is 5.64. The molecule has 0 radical (unpaired) electrons. The van der Waals surface area contributed by atoms with Crippen molar-refractivity contribution < 1.29 is 9.59 Å². The number of nitrogens with zero attached hydrogens (tertiary/aromatic N) is 3. The van der Waals surface area contributed by atoms with E-state index in [2.05, 4.69) is 24.1 Å². The second kappa shape index (κ2) is 8.57. The average Bonchev–Trinajstić information content (AvgIpc) is 3.19. The molecule has 1 fully saturated rings. The molecule has 2 heterocycles. The second-order valence-electron chi connectivity index (χ2n) is 10.4. The molecule has 5 rings (SSSR count). The standard InChI is InChI=1S/C28H34N4O2/c1-18-11-9-14-22(20(18)3)30-27(34)28(4)17-31-24-15-8-7-13-23(24)29-25(31)26(33)32(28)16-21-12-6-5-10-19(21)2/h5-8,10,12-13,15,18,20,22H,9,11,14,16-17H2,1-4H3,(H,30,34)/t18-,20-,22-,28-/m1/s1. The zero-order valence-corrected chi connectivity index (χ0v) is 20.5. The quantitative estimate of drug-likeness (QED) is 0.616. The summed E-state index contributed by atoms with van der Waals surface area (Å²) in [6.07, 6.45) is 3.31. The fourth-order valence-corrected chi connectivity index (χ4v) is 5.64. The van der Waals surface area contributed by atoms with E-state index in [0.29, 0.717) is 30.7 Å². The van der Waals surface area contributed by atoms with Crippen LogP contribution in [0.25, 0.3) is 11.0 Å². The maximum Gasteiger partial charge on any atom is 0.291 e. The van der Waals surface area contributed by atoms with Gasteiger partial charge >= 0.3 is 0 Å². The third-order valence-corrected chi connectivity index (χ3v) is 8.25. The number of hydrogen-bond donors (Lipinski definition) is 1. The molecule has 6 nitrogen and oxygen atoms in total. The predicted molar refractivity (Wildman–Crippen MR) is 133 cm³/mol. The molecule has 6 heteroatoms. The number of fused-ring (bicyclic) bond motifs is 3. The van der Waals surface area contributed by atoms with E-state index in [-0.39, 0.29) is 17.9 Å². The summed E-state index contributed by atoms with van der Waals surface area (Å²) < 4.78 is 1.93. The molecule has 2 aromatic carbocycles. The molecule has 2 amide bonds. The predicted octanol–water partition coefficient (Wildman–Crippen LogP) is 4.70. The van der Waals surface area contributed by atoms with Crippen LogP contribution in [0.1, 0.15) is 61.8 Å². The highest BCUT2D eigenvalue weighted by molar-refractivity contribution is 6.01. The van der Waals surface area contributed by atoms with Crippen LogP contribution in [0.2, 0.25) is 0 Å². The van der Waals surface area contributed by atoms with Crippen LogP contribution in [0.3, 0.4) is 0 Å². The maximum absolute atomic E-state index is 14.0. The zero-order chi connectivity index (χ0) is 24.0. The van der Waals surface area contributed by atoms with Gasteiger partial charge in [-0.25, -0.2) is 4.98 Å². The van der Waals surface area contributed by atoms with Gasteiger partial charge < -0.3 is 14.8 Å². The Balaban J connectivity index is 1.55. The van der Waals surface area contributed by atoms with Gasteiger partial charge in [0.2, 0.25) is 5.91 Å². The van der Waals surface area contributed by atoms with Crippen molar-refractivity contribution in [2.75, 3.05) is 0 Å². The molecule has 2 aliphatic rings. The lowest BCUT2D eigenvalue weighted by Gasteiger charge is -2.45. The number of imidazole rings is 1. The van der Waals surface area contributed by atoms with Crippen LogP contribution in [0, 0.1) is 18.8 Å². The topological polar surface area (TPSA) is 67.2 Å². The minimum Gasteiger partial charge on any atom is -0.351 e. The summed E-state index contributed by atoms with van der Waals surface area (Å²) in [5.74, 6) is 1.11. The minimum absolute atomic E-state index is 0.0798. The van der Waals surface area contributed by atoms with E-state index >= 15 is 0 Å². The molecule has 0 bridgehead atoms. The normalized spacial score (nSPS) is 27.0. The second-order valence-corrected chi connectivity index (χ2v) is 10.4. The highest BCUT2D eigenvalue weighted by Crippen LogP contribution is 2.34. The Bertz CT molecular complexity index is 1250. The molecule has 0 spiro atoms. The van der Waals surface area contributed by atoms with Crippen molar-refractivity contribution in [2.45, 2.75) is 71.6 Å². The number of aromatic nitrogens is 2. The van der Waals surface area contributed by atoms with Gasteiger partial charge in [-0.15, -0.1) is 0 Å². The molecule has 1 aromatic heterocycles. The SMILES string of the molecule is Cc1ccccc1CN1C(=O)c2nc3ccccc3n2C[C@]1(C)C(=O)N[C@@H]1CCC[C@@H](C)[C@H]1C. The van der Waals surface area contributed by atoms with Gasteiger partial charge in [-0.05, 0) is 55.4 Å². The lowest BCUT2D eigenvalue weighted by molar-refractivity contribution is -0.134. The molecule has 0 unspecified atom stereocenters. The number of nitrogens with one attached hydrogen (secondary N) is 1. The van der Waals surface area contributed by atoms with Crippen LogP contribution in [-0.4, -0.2) is 37.8 Å². The lowest BCUT2D eigenvalue weighted by atomic mass is 9.77. The number of amides is 2. The molecule has 1 N–H and O–H groups in total. The average molecular weight is 459 g/mol. The lowest BCUT2D eigenvalue weighted by Crippen LogP contribution is -2.65. The van der Waals surface area contributed by atoms with Crippen LogP contribution >= 0.6 is 0 Å². The van der Waals surface area contributed by atoms with Crippen LogP contribution in [-0.2, 0) is 17.9 Å². The van der Waals surface area contributed by atoms with Gasteiger partial charge in [-0.3, -0.25) is 9.59 Å². The number of hydrogen-bond acceptors (Lipinski definition) is 3. The van der Waals surface area contributed by atoms with E-state index in [9.17, 15) is 9.59 Å². The van der Waals surface area contributed by atoms with Crippen molar-refractivity contribution >= 4 is 22.8 Å². The summed E-state index contributed by atoms with van der Waals surface area (Å²) in [4.78, 5) is 34.3. The Kier molecular flexibility index (Phi) is 5.70. The van der Waals surface area contributed by atoms with E-state index in [1.807, 2.05) is 66.9 Å². The third kappa shape index (κ3) is 3.69. The first-order chi connectivity index (χ1) is 16.3. The molecule has 178 valence electrons. The van der Waals surface area contributed by atoms with Crippen molar-refractivity contribution in [2.24, 2.45) is 11.8 Å². The van der Waals surface area contributed by atoms with Crippen molar-refractivity contribution in [1.82, 2.24) is 19.8 Å². The molecule has 1 saturated carbocycles. The van der Waals surface area contributed by atoms with Gasteiger partial charge in [0.25, 0.3) is 5.91 Å². The van der Waals surface area contributed by atoms with Crippen LogP contribution in [0.4, 0.5) is 0 Å². The first kappa shape index (κ1) is 22.6. The Labute approximate surface area is 201 Å². The highest BCUT2D eigenvalue weighted by Gasteiger charge is 2.49. The van der Waals surface area contributed by atoms with Gasteiger partial charge in [-0.2, -0.15) is 0 Å². The monoisotopic (exact) mass is 458 g/mol. The third-order valence-electron chi connectivity index (χ3n) is 8.25. The van der Waals surface area contributed by atoms with Crippen LogP contribution < -0.4 is 5.32 Å². The van der Waals surface area contributed by atoms with Crippen molar-refractivity contribution in [3.8, 4) is 0 Å². The highest BCUT2D eigenvalue weighted by atomic mass is 16.2. The van der Waals surface area contributed by atoms with Gasteiger partial charge in [0.15, 0.2) is 5.82 Å². The first-order valence-electron chi connectivity index (χ1n) is 12.4. The maximum atomic E-state index is 14.0. The molecule has 34 heavy (non-hydrogen) atoms. The minimum atomic E-state index is -1.03. The number of rotatable bonds is 4. The first-order valence-corrected chi connectivity index (χ1v) is 12.4. The number of carbonyl (C=O) groups excluding carboxylic acids is 2. The Morgan fingerprint density at radius 1 is 1.12 bits per heavy atom. The van der Waals surface area contributed by atoms with Gasteiger partial charge in [0, 0.05) is 12.6 Å². The summed E-state index contributed by atoms with van der Waals surface area (Å²) in [5.41, 5.74) is 2.78. The van der Waals surface area contributed by atoms with Gasteiger partial charge in [0.1, 0.15) is 5.54 Å². The molecule has 1 aliphatic heterocycles. The summed E-state index contributed by atoms with van der Waals surface area (Å²) in [6, 6.07) is 15.9. The van der Waals surface area contributed by atoms with Crippen molar-refractivity contribution in [1.29, 1.82) is 0 Å². The Morgan fingerprint density at radius 3 is 2.65 bits per heavy atom. The molecular weight excluding hydrogens is 424 g/mol. The van der Waals surface area contributed by atoms with E-state index in [1.165, 1.54) is 6.42 Å². The van der Waals surface area contributed by atoms with Gasteiger partial charge in [-0.1, -0.05) is 63.1 Å². The van der Waals surface area contributed by atoms with E-state index in [0.717, 1.165) is 35.0 Å². The molecule has 4 atom stereocenters. The number of carbonyl (C=O) groups is 2. The molecular formula is C28H34N4O2. The van der Waals surface area contributed by atoms with Crippen LogP contribution in [0.5, 0.6) is 0 Å². The van der Waals surface area contributed by atoms with Gasteiger partial charge in [0.05, 0.1) is 17.6 Å². The molecule has 0 saturated heterocycles. The van der Waals surface area contributed by atoms with E-state index in [1.54, 1.807) is 4.90 Å². The smallest absolute Gasteiger partial charge is 0.291 e. The zero-order valence-electron chi connectivity index (χ0n) is 20.5. The summed E-state index contributed by atoms with van der Waals surface area (Å²) >= 11 is 0. The Morgan fingerprint density at radius 2 is 1.85 bits per heavy atom. The number of para-hydroxylation sites is 2. The molecule has 3 aromatic rings. The number of benzene rings is 2. The van der Waals surface area contributed by atoms with Crippen LogP contribution in [0.15, 0.2) is 48.5 Å². The van der Waals surface area contributed by atoms with Crippen molar-refractivity contribution in [3.63, 3.8) is 0 Å². The fraction of sp³-hybridized carbons (Fsp3) is 0.464. The van der Waals surface area contributed by atoms with E-state index in [4.69, 9.17) is 0 Å². The largest absolute Gasteiger partial charge is 0.351 e. The summed E-state index contributed by atoms with van der Waals surface area (Å²) in [7, 11) is 0. The Hall–Kier alpha value is -3.15. The van der Waals surface area contributed by atoms with E-state index < -0.39 is 5.54 Å². The van der Waals surface area contributed by atoms with Crippen molar-refractivity contribution in [3.05, 3.63) is 65.5 Å². The summed E-state index contributed by atoms with van der Waals surface area (Å²) in [5, 5.41) is 3.36. The summed E-state index contributed by atoms with van der Waals surface area (Å²) in [6.45, 7) is 9.20. The molecule has 1 aliphatic carbocycles. The number of aryl methyl sites for hydroxylation is 1.